The standard InChI is InChI=1S/C19H26N2O2/c1-15(12-18-14-19(22-2)20-23-18)21-10-8-17(9-11-21)13-16-6-4-3-5-7-16/h3-7,14-15,17H,8-13H2,1-2H3. The van der Waals surface area contributed by atoms with Crippen molar-refractivity contribution in [3.05, 3.63) is 47.7 Å². The average Bonchev–Trinajstić information content (AvgIpc) is 3.04. The Labute approximate surface area is 138 Å². The molecule has 124 valence electrons. The molecule has 0 amide bonds. The van der Waals surface area contributed by atoms with Gasteiger partial charge in [0.1, 0.15) is 5.76 Å². The van der Waals surface area contributed by atoms with Crippen molar-refractivity contribution < 1.29 is 9.26 Å². The monoisotopic (exact) mass is 314 g/mol. The number of piperidine rings is 1. The van der Waals surface area contributed by atoms with Crippen LogP contribution < -0.4 is 4.74 Å². The fourth-order valence-electron chi connectivity index (χ4n) is 3.45. The van der Waals surface area contributed by atoms with E-state index in [9.17, 15) is 0 Å². The Bertz CT molecular complexity index is 588. The third-order valence-electron chi connectivity index (χ3n) is 4.88. The van der Waals surface area contributed by atoms with E-state index in [1.807, 2.05) is 6.07 Å². The van der Waals surface area contributed by atoms with Crippen molar-refractivity contribution in [1.29, 1.82) is 0 Å². The molecular weight excluding hydrogens is 288 g/mol. The summed E-state index contributed by atoms with van der Waals surface area (Å²) in [6.45, 7) is 4.61. The van der Waals surface area contributed by atoms with E-state index >= 15 is 0 Å². The third-order valence-corrected chi connectivity index (χ3v) is 4.88. The van der Waals surface area contributed by atoms with Crippen molar-refractivity contribution in [2.24, 2.45) is 5.92 Å². The zero-order valence-corrected chi connectivity index (χ0v) is 14.1. The van der Waals surface area contributed by atoms with Gasteiger partial charge in [-0.05, 0) is 55.9 Å². The molecule has 0 N–H and O–H groups in total. The highest BCUT2D eigenvalue weighted by Gasteiger charge is 2.23. The van der Waals surface area contributed by atoms with Gasteiger partial charge in [-0.15, -0.1) is 0 Å². The zero-order chi connectivity index (χ0) is 16.1. The summed E-state index contributed by atoms with van der Waals surface area (Å²) in [7, 11) is 1.61. The molecule has 1 aliphatic heterocycles. The van der Waals surface area contributed by atoms with Crippen molar-refractivity contribution in [1.82, 2.24) is 10.1 Å². The molecule has 1 aromatic carbocycles. The first-order valence-electron chi connectivity index (χ1n) is 8.52. The van der Waals surface area contributed by atoms with Gasteiger partial charge in [-0.25, -0.2) is 0 Å². The maximum atomic E-state index is 5.32. The Balaban J connectivity index is 1.46. The Kier molecular flexibility index (Phi) is 5.34. The first-order valence-corrected chi connectivity index (χ1v) is 8.52. The predicted molar refractivity (Wildman–Crippen MR) is 90.7 cm³/mol. The van der Waals surface area contributed by atoms with Gasteiger partial charge < -0.3 is 14.2 Å². The Morgan fingerprint density at radius 2 is 2.00 bits per heavy atom. The molecule has 1 unspecified atom stereocenters. The van der Waals surface area contributed by atoms with E-state index in [-0.39, 0.29) is 0 Å². The molecule has 3 rings (SSSR count). The minimum absolute atomic E-state index is 0.477. The van der Waals surface area contributed by atoms with Gasteiger partial charge >= 0.3 is 0 Å². The predicted octanol–water partition coefficient (Wildman–Crippen LogP) is 3.57. The molecule has 0 spiro atoms. The highest BCUT2D eigenvalue weighted by Crippen LogP contribution is 2.24. The minimum Gasteiger partial charge on any atom is -0.479 e. The van der Waals surface area contributed by atoms with Crippen LogP contribution in [-0.4, -0.2) is 36.3 Å². The molecule has 1 saturated heterocycles. The van der Waals surface area contributed by atoms with E-state index in [0.29, 0.717) is 11.9 Å². The van der Waals surface area contributed by atoms with Gasteiger partial charge in [-0.3, -0.25) is 0 Å². The quantitative estimate of drug-likeness (QED) is 0.817. The molecule has 4 heteroatoms. The van der Waals surface area contributed by atoms with Crippen LogP contribution in [0, 0.1) is 5.92 Å². The number of methoxy groups -OCH3 is 1. The summed E-state index contributed by atoms with van der Waals surface area (Å²) in [6.07, 6.45) is 4.65. The van der Waals surface area contributed by atoms with Gasteiger partial charge in [0.25, 0.3) is 5.88 Å². The van der Waals surface area contributed by atoms with Crippen molar-refractivity contribution in [3.8, 4) is 5.88 Å². The lowest BCUT2D eigenvalue weighted by Crippen LogP contribution is -2.41. The second-order valence-electron chi connectivity index (χ2n) is 6.56. The van der Waals surface area contributed by atoms with Gasteiger partial charge in [0.2, 0.25) is 0 Å². The topological polar surface area (TPSA) is 38.5 Å². The summed E-state index contributed by atoms with van der Waals surface area (Å²) in [4.78, 5) is 2.57. The van der Waals surface area contributed by atoms with Crippen LogP contribution in [0.5, 0.6) is 5.88 Å². The summed E-state index contributed by atoms with van der Waals surface area (Å²) in [5.74, 6) is 2.28. The summed E-state index contributed by atoms with van der Waals surface area (Å²) in [6, 6.07) is 13.2. The first kappa shape index (κ1) is 16.1. The molecule has 2 heterocycles. The van der Waals surface area contributed by atoms with Crippen molar-refractivity contribution >= 4 is 0 Å². The number of aromatic nitrogens is 1. The number of benzene rings is 1. The van der Waals surface area contributed by atoms with Gasteiger partial charge in [0, 0.05) is 18.5 Å². The van der Waals surface area contributed by atoms with Crippen molar-refractivity contribution in [2.75, 3.05) is 20.2 Å². The largest absolute Gasteiger partial charge is 0.479 e. The van der Waals surface area contributed by atoms with Crippen LogP contribution >= 0.6 is 0 Å². The minimum atomic E-state index is 0.477. The van der Waals surface area contributed by atoms with Crippen LogP contribution in [-0.2, 0) is 12.8 Å². The Morgan fingerprint density at radius 1 is 1.26 bits per heavy atom. The number of hydrogen-bond acceptors (Lipinski definition) is 4. The molecule has 0 radical (unpaired) electrons. The third kappa shape index (κ3) is 4.35. The van der Waals surface area contributed by atoms with Crippen LogP contribution in [0.4, 0.5) is 0 Å². The molecule has 23 heavy (non-hydrogen) atoms. The first-order chi connectivity index (χ1) is 11.2. The molecule has 0 bridgehead atoms. The summed E-state index contributed by atoms with van der Waals surface area (Å²) < 4.78 is 10.4. The van der Waals surface area contributed by atoms with Crippen molar-refractivity contribution in [2.45, 2.75) is 38.6 Å². The highest BCUT2D eigenvalue weighted by molar-refractivity contribution is 5.15. The zero-order valence-electron chi connectivity index (χ0n) is 14.1. The highest BCUT2D eigenvalue weighted by atomic mass is 16.5. The van der Waals surface area contributed by atoms with Crippen LogP contribution in [0.1, 0.15) is 31.1 Å². The lowest BCUT2D eigenvalue weighted by molar-refractivity contribution is 0.135. The molecule has 1 fully saturated rings. The number of nitrogens with zero attached hydrogens (tertiary/aromatic N) is 2. The molecule has 1 aromatic heterocycles. The summed E-state index contributed by atoms with van der Waals surface area (Å²) in [5.41, 5.74) is 1.47. The summed E-state index contributed by atoms with van der Waals surface area (Å²) >= 11 is 0. The Hall–Kier alpha value is -1.81. The number of rotatable bonds is 6. The average molecular weight is 314 g/mol. The van der Waals surface area contributed by atoms with E-state index in [0.717, 1.165) is 18.1 Å². The van der Waals surface area contributed by atoms with Gasteiger partial charge in [0.05, 0.1) is 7.11 Å². The maximum Gasteiger partial charge on any atom is 0.254 e. The van der Waals surface area contributed by atoms with Crippen LogP contribution in [0.25, 0.3) is 0 Å². The van der Waals surface area contributed by atoms with E-state index in [4.69, 9.17) is 9.26 Å². The summed E-state index contributed by atoms with van der Waals surface area (Å²) in [5, 5.41) is 3.88. The van der Waals surface area contributed by atoms with E-state index in [2.05, 4.69) is 47.3 Å². The van der Waals surface area contributed by atoms with Crippen LogP contribution in [0.15, 0.2) is 40.9 Å². The molecular formula is C19H26N2O2. The fourth-order valence-corrected chi connectivity index (χ4v) is 3.45. The molecule has 4 nitrogen and oxygen atoms in total. The van der Waals surface area contributed by atoms with E-state index < -0.39 is 0 Å². The normalized spacial score (nSPS) is 18.0. The van der Waals surface area contributed by atoms with Crippen molar-refractivity contribution in [3.63, 3.8) is 0 Å². The van der Waals surface area contributed by atoms with Crippen LogP contribution in [0.2, 0.25) is 0 Å². The smallest absolute Gasteiger partial charge is 0.254 e. The van der Waals surface area contributed by atoms with E-state index in [1.54, 1.807) is 7.11 Å². The molecule has 0 aliphatic carbocycles. The van der Waals surface area contributed by atoms with Gasteiger partial charge in [-0.2, -0.15) is 0 Å². The number of likely N-dealkylation sites (tertiary alicyclic amines) is 1. The molecule has 0 saturated carbocycles. The molecule has 1 aliphatic rings. The van der Waals surface area contributed by atoms with Gasteiger partial charge in [0.15, 0.2) is 0 Å². The molecule has 1 atom stereocenters. The number of hydrogen-bond donors (Lipinski definition) is 0. The fraction of sp³-hybridized carbons (Fsp3) is 0.526. The van der Waals surface area contributed by atoms with Gasteiger partial charge in [-0.1, -0.05) is 30.3 Å². The maximum absolute atomic E-state index is 5.32. The second-order valence-corrected chi connectivity index (χ2v) is 6.56. The number of ether oxygens (including phenoxy) is 1. The lowest BCUT2D eigenvalue weighted by Gasteiger charge is -2.35. The molecule has 2 aromatic rings. The Morgan fingerprint density at radius 3 is 2.65 bits per heavy atom. The SMILES string of the molecule is COc1cc(CC(C)N2CCC(Cc3ccccc3)CC2)on1. The van der Waals surface area contributed by atoms with E-state index in [1.165, 1.54) is 37.9 Å². The van der Waals surface area contributed by atoms with Crippen LogP contribution in [0.3, 0.4) is 0 Å². The lowest BCUT2D eigenvalue weighted by atomic mass is 9.89. The second kappa shape index (κ2) is 7.64.